The van der Waals surface area contributed by atoms with Gasteiger partial charge in [-0.05, 0) is 24.0 Å². The van der Waals surface area contributed by atoms with Crippen LogP contribution in [0.5, 0.6) is 0 Å². The molecule has 0 spiro atoms. The molecule has 6 nitrogen and oxygen atoms in total. The van der Waals surface area contributed by atoms with E-state index in [1.807, 2.05) is 0 Å². The van der Waals surface area contributed by atoms with Crippen LogP contribution >= 0.6 is 11.3 Å². The first-order chi connectivity index (χ1) is 9.30. The Bertz CT molecular complexity index is 830. The Morgan fingerprint density at radius 3 is 2.75 bits per heavy atom. The molecule has 1 aliphatic carbocycles. The number of fused-ring (bicyclic) bond motifs is 3. The Morgan fingerprint density at radius 1 is 1.45 bits per heavy atom. The number of aromatic nitrogens is 2. The first-order valence-electron chi connectivity index (χ1n) is 5.97. The van der Waals surface area contributed by atoms with Gasteiger partial charge >= 0.3 is 0 Å². The Hall–Kier alpha value is -1.67. The molecule has 0 fully saturated rings. The normalized spacial score (nSPS) is 13.9. The summed E-state index contributed by atoms with van der Waals surface area (Å²) in [5.41, 5.74) is 8.49. The topological polar surface area (TPSA) is 95.1 Å². The number of nitrogens with zero attached hydrogens (tertiary/aromatic N) is 2. The molecule has 20 heavy (non-hydrogen) atoms. The van der Waals surface area contributed by atoms with Gasteiger partial charge < -0.3 is 5.73 Å². The molecular weight excluding hydrogens is 298 g/mol. The number of carbonyl (C=O) groups excluding carboxylic acids is 1. The molecule has 3 rings (SSSR count). The zero-order valence-electron chi connectivity index (χ0n) is 11.0. The smallest absolute Gasteiger partial charge is 0.259 e. The van der Waals surface area contributed by atoms with Crippen LogP contribution in [-0.4, -0.2) is 30.4 Å². The second-order valence-electron chi connectivity index (χ2n) is 4.85. The predicted molar refractivity (Wildman–Crippen MR) is 75.6 cm³/mol. The van der Waals surface area contributed by atoms with Crippen molar-refractivity contribution in [3.05, 3.63) is 22.2 Å². The van der Waals surface area contributed by atoms with Gasteiger partial charge in [-0.15, -0.1) is 11.3 Å². The molecule has 2 heterocycles. The lowest BCUT2D eigenvalue weighted by Gasteiger charge is -2.15. The minimum absolute atomic E-state index is 0.200. The second kappa shape index (κ2) is 4.16. The SMILES string of the molecule is Cn1ncc2c1-c1c(S(C)(=O)=O)sc(C(N)=O)c1CC2. The van der Waals surface area contributed by atoms with Crippen molar-refractivity contribution in [3.8, 4) is 11.3 Å². The molecular formula is C12H13N3O3S2. The van der Waals surface area contributed by atoms with Crippen LogP contribution in [0.15, 0.2) is 10.4 Å². The highest BCUT2D eigenvalue weighted by molar-refractivity contribution is 7.93. The second-order valence-corrected chi connectivity index (χ2v) is 8.08. The molecule has 0 radical (unpaired) electrons. The van der Waals surface area contributed by atoms with Gasteiger partial charge in [0.2, 0.25) is 0 Å². The lowest BCUT2D eigenvalue weighted by atomic mass is 9.92. The number of amides is 1. The van der Waals surface area contributed by atoms with E-state index in [2.05, 4.69) is 5.10 Å². The Balaban J connectivity index is 2.43. The van der Waals surface area contributed by atoms with Gasteiger partial charge in [-0.3, -0.25) is 9.48 Å². The maximum Gasteiger partial charge on any atom is 0.259 e. The van der Waals surface area contributed by atoms with Crippen LogP contribution in [0, 0.1) is 0 Å². The van der Waals surface area contributed by atoms with Gasteiger partial charge in [0.15, 0.2) is 9.84 Å². The average molecular weight is 311 g/mol. The summed E-state index contributed by atoms with van der Waals surface area (Å²) in [5.74, 6) is -0.577. The fourth-order valence-electron chi connectivity index (χ4n) is 2.63. The van der Waals surface area contributed by atoms with Crippen molar-refractivity contribution in [2.75, 3.05) is 6.26 Å². The number of aryl methyl sites for hydroxylation is 2. The van der Waals surface area contributed by atoms with Crippen molar-refractivity contribution < 1.29 is 13.2 Å². The Morgan fingerprint density at radius 2 is 2.15 bits per heavy atom. The third-order valence-electron chi connectivity index (χ3n) is 3.43. The molecule has 0 saturated heterocycles. The molecule has 2 aromatic heterocycles. The maximum absolute atomic E-state index is 12.0. The number of hydrogen-bond donors (Lipinski definition) is 1. The van der Waals surface area contributed by atoms with Crippen LogP contribution in [0.1, 0.15) is 20.8 Å². The third kappa shape index (κ3) is 1.79. The molecule has 0 aliphatic heterocycles. The van der Waals surface area contributed by atoms with Crippen molar-refractivity contribution in [2.45, 2.75) is 17.1 Å². The average Bonchev–Trinajstić information content (AvgIpc) is 2.89. The molecule has 2 aromatic rings. The summed E-state index contributed by atoms with van der Waals surface area (Å²) in [7, 11) is -1.66. The van der Waals surface area contributed by atoms with Crippen LogP contribution in [0.2, 0.25) is 0 Å². The first kappa shape index (κ1) is 13.3. The fraction of sp³-hybridized carbons (Fsp3) is 0.333. The number of carbonyl (C=O) groups is 1. The first-order valence-corrected chi connectivity index (χ1v) is 8.68. The molecule has 0 bridgehead atoms. The zero-order valence-corrected chi connectivity index (χ0v) is 12.6. The predicted octanol–water partition coefficient (Wildman–Crippen LogP) is 0.750. The van der Waals surface area contributed by atoms with E-state index >= 15 is 0 Å². The van der Waals surface area contributed by atoms with Crippen LogP contribution < -0.4 is 5.73 Å². The zero-order chi connectivity index (χ0) is 14.7. The molecule has 2 N–H and O–H groups in total. The molecule has 0 unspecified atom stereocenters. The van der Waals surface area contributed by atoms with E-state index in [4.69, 9.17) is 5.73 Å². The van der Waals surface area contributed by atoms with Gasteiger partial charge in [0.1, 0.15) is 4.21 Å². The summed E-state index contributed by atoms with van der Waals surface area (Å²) in [6, 6.07) is 0. The number of thiophene rings is 1. The van der Waals surface area contributed by atoms with E-state index < -0.39 is 15.7 Å². The summed E-state index contributed by atoms with van der Waals surface area (Å²) in [4.78, 5) is 11.9. The van der Waals surface area contributed by atoms with Crippen molar-refractivity contribution in [2.24, 2.45) is 12.8 Å². The largest absolute Gasteiger partial charge is 0.365 e. The van der Waals surface area contributed by atoms with Gasteiger partial charge in [0.05, 0.1) is 16.8 Å². The summed E-state index contributed by atoms with van der Waals surface area (Å²) in [6.07, 6.45) is 4.23. The minimum atomic E-state index is -3.42. The molecule has 1 amide bonds. The molecule has 8 heteroatoms. The van der Waals surface area contributed by atoms with E-state index in [9.17, 15) is 13.2 Å². The van der Waals surface area contributed by atoms with Crippen LogP contribution in [0.3, 0.4) is 0 Å². The third-order valence-corrected chi connectivity index (χ3v) is 6.51. The van der Waals surface area contributed by atoms with Gasteiger partial charge in [-0.2, -0.15) is 5.10 Å². The standard InChI is InChI=1S/C12H13N3O3S2/c1-15-9-6(5-14-15)3-4-7-8(9)12(20(2,17)18)19-10(7)11(13)16/h5H,3-4H2,1-2H3,(H2,13,16). The highest BCUT2D eigenvalue weighted by Gasteiger charge is 2.32. The molecule has 1 aliphatic rings. The Labute approximate surface area is 120 Å². The summed E-state index contributed by atoms with van der Waals surface area (Å²) < 4.78 is 25.9. The summed E-state index contributed by atoms with van der Waals surface area (Å²) in [5, 5.41) is 4.18. The van der Waals surface area contributed by atoms with E-state index in [0.29, 0.717) is 16.9 Å². The van der Waals surface area contributed by atoms with Gasteiger partial charge in [-0.25, -0.2) is 8.42 Å². The Kier molecular flexibility index (Phi) is 2.77. The van der Waals surface area contributed by atoms with Gasteiger partial charge in [0.25, 0.3) is 5.91 Å². The lowest BCUT2D eigenvalue weighted by molar-refractivity contribution is 0.100. The maximum atomic E-state index is 12.0. The number of hydrogen-bond acceptors (Lipinski definition) is 5. The van der Waals surface area contributed by atoms with Crippen molar-refractivity contribution in [3.63, 3.8) is 0 Å². The number of nitrogens with two attached hydrogens (primary N) is 1. The van der Waals surface area contributed by atoms with Crippen molar-refractivity contribution in [1.82, 2.24) is 9.78 Å². The monoisotopic (exact) mass is 311 g/mol. The van der Waals surface area contributed by atoms with Gasteiger partial charge in [0, 0.05) is 18.9 Å². The van der Waals surface area contributed by atoms with E-state index in [1.54, 1.807) is 17.9 Å². The highest BCUT2D eigenvalue weighted by Crippen LogP contribution is 2.44. The number of sulfone groups is 1. The minimum Gasteiger partial charge on any atom is -0.365 e. The molecule has 0 aromatic carbocycles. The molecule has 106 valence electrons. The highest BCUT2D eigenvalue weighted by atomic mass is 32.2. The van der Waals surface area contributed by atoms with Crippen LogP contribution in [0.4, 0.5) is 0 Å². The van der Waals surface area contributed by atoms with Crippen LogP contribution in [-0.2, 0) is 29.7 Å². The van der Waals surface area contributed by atoms with Crippen LogP contribution in [0.25, 0.3) is 11.3 Å². The summed E-state index contributed by atoms with van der Waals surface area (Å²) >= 11 is 0.962. The number of primary amides is 1. The van der Waals surface area contributed by atoms with E-state index in [1.165, 1.54) is 0 Å². The lowest BCUT2D eigenvalue weighted by Crippen LogP contribution is -2.14. The van der Waals surface area contributed by atoms with Gasteiger partial charge in [-0.1, -0.05) is 0 Å². The number of rotatable bonds is 2. The van der Waals surface area contributed by atoms with E-state index in [-0.39, 0.29) is 4.21 Å². The van der Waals surface area contributed by atoms with E-state index in [0.717, 1.165) is 40.8 Å². The van der Waals surface area contributed by atoms with Crippen molar-refractivity contribution in [1.29, 1.82) is 0 Å². The van der Waals surface area contributed by atoms with Crippen molar-refractivity contribution >= 4 is 27.1 Å². The molecule has 0 saturated carbocycles. The quantitative estimate of drug-likeness (QED) is 0.885. The summed E-state index contributed by atoms with van der Waals surface area (Å²) in [6.45, 7) is 0. The molecule has 0 atom stereocenters. The fourth-order valence-corrected chi connectivity index (χ4v) is 5.01.